The van der Waals surface area contributed by atoms with Crippen LogP contribution in [0.1, 0.15) is 16.8 Å². The smallest absolute Gasteiger partial charge is 0.128 e. The number of halogens is 2. The summed E-state index contributed by atoms with van der Waals surface area (Å²) in [7, 11) is 0. The zero-order valence-corrected chi connectivity index (χ0v) is 9.78. The number of rotatable bonds is 3. The van der Waals surface area contributed by atoms with Gasteiger partial charge in [-0.1, -0.05) is 23.7 Å². The first-order chi connectivity index (χ1) is 8.20. The van der Waals surface area contributed by atoms with Crippen LogP contribution < -0.4 is 0 Å². The molecule has 0 aliphatic heterocycles. The third-order valence-electron chi connectivity index (χ3n) is 2.49. The van der Waals surface area contributed by atoms with Gasteiger partial charge < -0.3 is 5.11 Å². The van der Waals surface area contributed by atoms with Crippen LogP contribution >= 0.6 is 11.6 Å². The van der Waals surface area contributed by atoms with Crippen LogP contribution in [0, 0.1) is 5.82 Å². The van der Waals surface area contributed by atoms with Crippen LogP contribution in [0.15, 0.2) is 36.5 Å². The number of aliphatic hydroxyl groups excluding tert-OH is 1. The van der Waals surface area contributed by atoms with Gasteiger partial charge in [0.15, 0.2) is 0 Å². The Morgan fingerprint density at radius 2 is 2.06 bits per heavy atom. The second kappa shape index (κ2) is 5.25. The highest BCUT2D eigenvalue weighted by Gasteiger charge is 2.08. The van der Waals surface area contributed by atoms with Crippen molar-refractivity contribution in [2.24, 2.45) is 0 Å². The molecule has 0 atom stereocenters. The van der Waals surface area contributed by atoms with Gasteiger partial charge in [-0.2, -0.15) is 0 Å². The molecule has 0 saturated heterocycles. The Labute approximate surface area is 104 Å². The molecule has 0 amide bonds. The van der Waals surface area contributed by atoms with Gasteiger partial charge in [0.25, 0.3) is 0 Å². The number of aromatic nitrogens is 1. The standard InChI is InChI=1S/C13H11ClFNO/c14-12-2-1-3-13(15)11(12)6-10-5-4-9(8-17)7-16-10/h1-5,7,17H,6,8H2. The monoisotopic (exact) mass is 251 g/mol. The molecule has 1 aromatic carbocycles. The topological polar surface area (TPSA) is 33.1 Å². The quantitative estimate of drug-likeness (QED) is 0.910. The lowest BCUT2D eigenvalue weighted by Gasteiger charge is -2.05. The van der Waals surface area contributed by atoms with E-state index in [1.54, 1.807) is 30.5 Å². The van der Waals surface area contributed by atoms with Crippen molar-refractivity contribution >= 4 is 11.6 Å². The lowest BCUT2D eigenvalue weighted by Crippen LogP contribution is -1.97. The maximum absolute atomic E-state index is 13.5. The number of pyridine rings is 1. The highest BCUT2D eigenvalue weighted by molar-refractivity contribution is 6.31. The van der Waals surface area contributed by atoms with Gasteiger partial charge in [-0.3, -0.25) is 4.98 Å². The van der Waals surface area contributed by atoms with Crippen molar-refractivity contribution in [3.63, 3.8) is 0 Å². The summed E-state index contributed by atoms with van der Waals surface area (Å²) in [4.78, 5) is 4.14. The highest BCUT2D eigenvalue weighted by Crippen LogP contribution is 2.21. The van der Waals surface area contributed by atoms with Crippen molar-refractivity contribution in [3.8, 4) is 0 Å². The molecule has 1 aromatic heterocycles. The minimum absolute atomic E-state index is 0.0479. The normalized spacial score (nSPS) is 10.5. The molecule has 0 unspecified atom stereocenters. The Bertz CT molecular complexity index is 493. The molecule has 4 heteroatoms. The zero-order valence-electron chi connectivity index (χ0n) is 9.03. The molecular weight excluding hydrogens is 241 g/mol. The molecule has 0 bridgehead atoms. The first kappa shape index (κ1) is 12.0. The third-order valence-corrected chi connectivity index (χ3v) is 2.84. The molecule has 0 saturated carbocycles. The van der Waals surface area contributed by atoms with Crippen LogP contribution in [0.4, 0.5) is 4.39 Å². The van der Waals surface area contributed by atoms with E-state index in [-0.39, 0.29) is 12.4 Å². The van der Waals surface area contributed by atoms with Crippen LogP contribution in [0.5, 0.6) is 0 Å². The summed E-state index contributed by atoms with van der Waals surface area (Å²) in [6, 6.07) is 8.13. The van der Waals surface area contributed by atoms with E-state index < -0.39 is 0 Å². The van der Waals surface area contributed by atoms with Gasteiger partial charge in [-0.25, -0.2) is 4.39 Å². The van der Waals surface area contributed by atoms with Gasteiger partial charge in [0.2, 0.25) is 0 Å². The summed E-state index contributed by atoms with van der Waals surface area (Å²) in [6.07, 6.45) is 1.92. The van der Waals surface area contributed by atoms with E-state index in [0.29, 0.717) is 22.7 Å². The highest BCUT2D eigenvalue weighted by atomic mass is 35.5. The summed E-state index contributed by atoms with van der Waals surface area (Å²) < 4.78 is 13.5. The number of hydrogen-bond donors (Lipinski definition) is 1. The van der Waals surface area contributed by atoms with E-state index in [9.17, 15) is 4.39 Å². The van der Waals surface area contributed by atoms with Crippen molar-refractivity contribution in [2.45, 2.75) is 13.0 Å². The van der Waals surface area contributed by atoms with Crippen LogP contribution in [0.25, 0.3) is 0 Å². The molecule has 2 rings (SSSR count). The average molecular weight is 252 g/mol. The molecule has 0 fully saturated rings. The van der Waals surface area contributed by atoms with Crippen LogP contribution in [0.3, 0.4) is 0 Å². The first-order valence-corrected chi connectivity index (χ1v) is 5.56. The lowest BCUT2D eigenvalue weighted by atomic mass is 10.1. The number of nitrogens with zero attached hydrogens (tertiary/aromatic N) is 1. The van der Waals surface area contributed by atoms with Gasteiger partial charge in [-0.15, -0.1) is 0 Å². The molecule has 17 heavy (non-hydrogen) atoms. The second-order valence-electron chi connectivity index (χ2n) is 3.69. The maximum atomic E-state index is 13.5. The molecule has 0 spiro atoms. The maximum Gasteiger partial charge on any atom is 0.128 e. The first-order valence-electron chi connectivity index (χ1n) is 5.18. The third kappa shape index (κ3) is 2.81. The van der Waals surface area contributed by atoms with Crippen LogP contribution in [0.2, 0.25) is 5.02 Å². The van der Waals surface area contributed by atoms with E-state index in [1.165, 1.54) is 6.07 Å². The van der Waals surface area contributed by atoms with E-state index in [1.807, 2.05) is 0 Å². The largest absolute Gasteiger partial charge is 0.392 e. The minimum atomic E-state index is -0.328. The van der Waals surface area contributed by atoms with E-state index in [0.717, 1.165) is 5.56 Å². The predicted octanol–water partition coefficient (Wildman–Crippen LogP) is 2.96. The zero-order chi connectivity index (χ0) is 12.3. The molecule has 2 aromatic rings. The Morgan fingerprint density at radius 3 is 2.65 bits per heavy atom. The summed E-state index contributed by atoms with van der Waals surface area (Å²) >= 11 is 5.93. The fourth-order valence-electron chi connectivity index (χ4n) is 1.54. The Balaban J connectivity index is 2.25. The minimum Gasteiger partial charge on any atom is -0.392 e. The van der Waals surface area contributed by atoms with Gasteiger partial charge in [-0.05, 0) is 23.8 Å². The van der Waals surface area contributed by atoms with E-state index in [4.69, 9.17) is 16.7 Å². The Morgan fingerprint density at radius 1 is 1.24 bits per heavy atom. The van der Waals surface area contributed by atoms with Crippen molar-refractivity contribution in [3.05, 3.63) is 64.2 Å². The summed E-state index contributed by atoms with van der Waals surface area (Å²) in [5.41, 5.74) is 1.89. The van der Waals surface area contributed by atoms with Gasteiger partial charge >= 0.3 is 0 Å². The van der Waals surface area contributed by atoms with Gasteiger partial charge in [0, 0.05) is 28.9 Å². The van der Waals surface area contributed by atoms with Gasteiger partial charge in [0.1, 0.15) is 5.82 Å². The molecular formula is C13H11ClFNO. The predicted molar refractivity (Wildman–Crippen MR) is 64.4 cm³/mol. The summed E-state index contributed by atoms with van der Waals surface area (Å²) in [5, 5.41) is 9.29. The number of aliphatic hydroxyl groups is 1. The average Bonchev–Trinajstić information content (AvgIpc) is 2.35. The fraction of sp³-hybridized carbons (Fsp3) is 0.154. The van der Waals surface area contributed by atoms with Crippen molar-refractivity contribution in [1.29, 1.82) is 0 Å². The molecule has 0 aliphatic rings. The van der Waals surface area contributed by atoms with Crippen LogP contribution in [-0.4, -0.2) is 10.1 Å². The molecule has 88 valence electrons. The number of hydrogen-bond acceptors (Lipinski definition) is 2. The second-order valence-corrected chi connectivity index (χ2v) is 4.10. The summed E-state index contributed by atoms with van der Waals surface area (Å²) in [6.45, 7) is -0.0479. The molecule has 1 heterocycles. The fourth-order valence-corrected chi connectivity index (χ4v) is 1.77. The molecule has 0 radical (unpaired) electrons. The molecule has 0 aliphatic carbocycles. The van der Waals surface area contributed by atoms with E-state index in [2.05, 4.69) is 4.98 Å². The van der Waals surface area contributed by atoms with Crippen molar-refractivity contribution in [2.75, 3.05) is 0 Å². The van der Waals surface area contributed by atoms with Gasteiger partial charge in [0.05, 0.1) is 6.61 Å². The molecule has 2 nitrogen and oxygen atoms in total. The van der Waals surface area contributed by atoms with Crippen molar-refractivity contribution in [1.82, 2.24) is 4.98 Å². The van der Waals surface area contributed by atoms with E-state index >= 15 is 0 Å². The SMILES string of the molecule is OCc1ccc(Cc2c(F)cccc2Cl)nc1. The molecule has 1 N–H and O–H groups in total. The van der Waals surface area contributed by atoms with Crippen molar-refractivity contribution < 1.29 is 9.50 Å². The van der Waals surface area contributed by atoms with Crippen LogP contribution in [-0.2, 0) is 13.0 Å². The Hall–Kier alpha value is -1.45. The summed E-state index contributed by atoms with van der Waals surface area (Å²) in [5.74, 6) is -0.328. The number of benzene rings is 1. The lowest BCUT2D eigenvalue weighted by molar-refractivity contribution is 0.281. The Kier molecular flexibility index (Phi) is 3.71.